The number of ether oxygens (including phenoxy) is 1. The van der Waals surface area contributed by atoms with Crippen molar-refractivity contribution in [2.24, 2.45) is 0 Å². The van der Waals surface area contributed by atoms with Gasteiger partial charge in [-0.2, -0.15) is 0 Å². The lowest BCUT2D eigenvalue weighted by molar-refractivity contribution is -0.119. The maximum atomic E-state index is 14.5. The number of benzene rings is 3. The smallest absolute Gasteiger partial charge is 0.280 e. The summed E-state index contributed by atoms with van der Waals surface area (Å²) in [6, 6.07) is 18.0. The first kappa shape index (κ1) is 26.4. The van der Waals surface area contributed by atoms with Gasteiger partial charge in [-0.1, -0.05) is 47.5 Å². The van der Waals surface area contributed by atoms with E-state index in [1.165, 1.54) is 0 Å². The van der Waals surface area contributed by atoms with Crippen LogP contribution in [0.1, 0.15) is 61.0 Å². The van der Waals surface area contributed by atoms with Gasteiger partial charge in [0.1, 0.15) is 11.6 Å². The maximum absolute atomic E-state index is 14.5. The third-order valence-electron chi connectivity index (χ3n) is 7.36. The van der Waals surface area contributed by atoms with Gasteiger partial charge in [0.05, 0.1) is 23.0 Å². The van der Waals surface area contributed by atoms with E-state index in [0.717, 1.165) is 11.1 Å². The number of fused-ring (bicyclic) bond motifs is 4. The number of nitrogens with one attached hydrogen (secondary N) is 1. The monoisotopic (exact) mass is 574 g/mol. The highest BCUT2D eigenvalue weighted by molar-refractivity contribution is 6.32. The van der Waals surface area contributed by atoms with Gasteiger partial charge in [0.2, 0.25) is 0 Å². The lowest BCUT2D eigenvalue weighted by Gasteiger charge is -2.36. The Bertz CT molecular complexity index is 1710. The quantitative estimate of drug-likeness (QED) is 0.269. The Morgan fingerprint density at radius 3 is 2.38 bits per heavy atom. The molecule has 0 radical (unpaired) electrons. The second-order valence-electron chi connectivity index (χ2n) is 10.7. The number of hydrogen-bond acceptors (Lipinski definition) is 4. The van der Waals surface area contributed by atoms with E-state index in [-0.39, 0.29) is 29.7 Å². The Morgan fingerprint density at radius 2 is 1.65 bits per heavy atom. The Labute approximate surface area is 242 Å². The van der Waals surface area contributed by atoms with Crippen LogP contribution in [0, 0.1) is 6.92 Å². The molecule has 3 aromatic carbocycles. The fourth-order valence-electron chi connectivity index (χ4n) is 5.83. The van der Waals surface area contributed by atoms with E-state index < -0.39 is 5.54 Å². The number of hydrogen-bond donors (Lipinski definition) is 1. The second-order valence-corrected chi connectivity index (χ2v) is 11.6. The van der Waals surface area contributed by atoms with E-state index >= 15 is 0 Å². The maximum Gasteiger partial charge on any atom is 0.280 e. The van der Waals surface area contributed by atoms with Crippen molar-refractivity contribution in [1.29, 1.82) is 0 Å². The molecule has 1 aromatic heterocycles. The predicted octanol–water partition coefficient (Wildman–Crippen LogP) is 7.39. The molecule has 0 fully saturated rings. The van der Waals surface area contributed by atoms with Crippen molar-refractivity contribution in [1.82, 2.24) is 9.55 Å². The number of aromatic nitrogens is 2. The standard InChI is InChI=1S/C31H28Cl2N4O3/c1-16(2)36-27-26(35-28(36)21-8-6-7-9-25(21)40-17(3)4)29(38)37(24-15-20(33)11-10-18(24)5)31(27)22-13-12-19(32)14-23(22)34-30(31)39/h6-17H,1-5H3,(H,34,39)/t31-/m1/s1. The van der Waals surface area contributed by atoms with Crippen LogP contribution in [0.25, 0.3) is 11.4 Å². The summed E-state index contributed by atoms with van der Waals surface area (Å²) in [4.78, 5) is 35.3. The van der Waals surface area contributed by atoms with Crippen LogP contribution in [0.15, 0.2) is 60.7 Å². The number of halogens is 2. The summed E-state index contributed by atoms with van der Waals surface area (Å²) in [7, 11) is 0. The van der Waals surface area contributed by atoms with Crippen LogP contribution in [0.2, 0.25) is 10.0 Å². The molecule has 9 heteroatoms. The fourth-order valence-corrected chi connectivity index (χ4v) is 6.17. The number of imidazole rings is 1. The first-order valence-corrected chi connectivity index (χ1v) is 13.9. The molecular formula is C31H28Cl2N4O3. The van der Waals surface area contributed by atoms with Crippen molar-refractivity contribution in [2.75, 3.05) is 10.2 Å². The average Bonchev–Trinajstić information content (AvgIpc) is 3.49. The molecule has 40 heavy (non-hydrogen) atoms. The summed E-state index contributed by atoms with van der Waals surface area (Å²) in [5.41, 5.74) is 2.41. The SMILES string of the molecule is Cc1ccc(Cl)cc1N1C(=O)c2nc(-c3ccccc3OC(C)C)n(C(C)C)c2[C@]12C(=O)Nc1cc(Cl)ccc12. The molecule has 1 N–H and O–H groups in total. The van der Waals surface area contributed by atoms with Crippen molar-refractivity contribution in [3.05, 3.63) is 93.2 Å². The summed E-state index contributed by atoms with van der Waals surface area (Å²) in [6.07, 6.45) is -0.0676. The van der Waals surface area contributed by atoms with Crippen LogP contribution >= 0.6 is 23.2 Å². The summed E-state index contributed by atoms with van der Waals surface area (Å²) in [5, 5.41) is 3.93. The minimum absolute atomic E-state index is 0.0676. The van der Waals surface area contributed by atoms with E-state index in [2.05, 4.69) is 5.32 Å². The Morgan fingerprint density at radius 1 is 0.950 bits per heavy atom. The van der Waals surface area contributed by atoms with E-state index in [4.69, 9.17) is 32.9 Å². The summed E-state index contributed by atoms with van der Waals surface area (Å²) in [5.74, 6) is 0.453. The second kappa shape index (κ2) is 9.39. The van der Waals surface area contributed by atoms with Crippen LogP contribution in [0.5, 0.6) is 5.75 Å². The number of amides is 2. The highest BCUT2D eigenvalue weighted by Gasteiger charge is 2.64. The van der Waals surface area contributed by atoms with Crippen LogP contribution < -0.4 is 15.0 Å². The minimum atomic E-state index is -1.54. The van der Waals surface area contributed by atoms with E-state index in [1.54, 1.807) is 35.2 Å². The number of anilines is 2. The van der Waals surface area contributed by atoms with Gasteiger partial charge in [0, 0.05) is 27.3 Å². The van der Waals surface area contributed by atoms with Crippen LogP contribution in [-0.4, -0.2) is 27.5 Å². The summed E-state index contributed by atoms with van der Waals surface area (Å²) in [6.45, 7) is 9.83. The molecule has 204 valence electrons. The average molecular weight is 575 g/mol. The molecule has 7 nitrogen and oxygen atoms in total. The molecule has 0 unspecified atom stereocenters. The molecule has 2 aliphatic heterocycles. The zero-order chi connectivity index (χ0) is 28.5. The largest absolute Gasteiger partial charge is 0.490 e. The van der Waals surface area contributed by atoms with Gasteiger partial charge in [-0.15, -0.1) is 0 Å². The number of aryl methyl sites for hydroxylation is 1. The molecular weight excluding hydrogens is 547 g/mol. The van der Waals surface area contributed by atoms with Crippen molar-refractivity contribution in [3.8, 4) is 17.1 Å². The van der Waals surface area contributed by atoms with Gasteiger partial charge in [-0.25, -0.2) is 4.98 Å². The lowest BCUT2D eigenvalue weighted by Crippen LogP contribution is -2.51. The normalized spacial score (nSPS) is 17.7. The molecule has 0 saturated heterocycles. The third kappa shape index (κ3) is 3.68. The third-order valence-corrected chi connectivity index (χ3v) is 7.83. The molecule has 1 spiro atoms. The first-order valence-electron chi connectivity index (χ1n) is 13.2. The highest BCUT2D eigenvalue weighted by atomic mass is 35.5. The molecule has 0 aliphatic carbocycles. The highest BCUT2D eigenvalue weighted by Crippen LogP contribution is 2.55. The molecule has 0 bridgehead atoms. The number of carbonyl (C=O) groups excluding carboxylic acids is 2. The van der Waals surface area contributed by atoms with Crippen LogP contribution in [-0.2, 0) is 10.3 Å². The Balaban J connectivity index is 1.72. The van der Waals surface area contributed by atoms with Gasteiger partial charge in [-0.3, -0.25) is 14.5 Å². The molecule has 4 aromatic rings. The van der Waals surface area contributed by atoms with Crippen molar-refractivity contribution in [3.63, 3.8) is 0 Å². The van der Waals surface area contributed by atoms with Crippen molar-refractivity contribution in [2.45, 2.75) is 52.3 Å². The molecule has 6 rings (SSSR count). The number of para-hydroxylation sites is 1. The van der Waals surface area contributed by atoms with Gasteiger partial charge in [0.15, 0.2) is 11.2 Å². The van der Waals surface area contributed by atoms with E-state index in [0.29, 0.717) is 44.3 Å². The zero-order valence-corrected chi connectivity index (χ0v) is 24.3. The Kier molecular flexibility index (Phi) is 6.20. The molecule has 0 saturated carbocycles. The van der Waals surface area contributed by atoms with E-state index in [9.17, 15) is 9.59 Å². The molecule has 2 amide bonds. The van der Waals surface area contributed by atoms with Crippen molar-refractivity contribution < 1.29 is 14.3 Å². The molecule has 1 atom stereocenters. The number of rotatable bonds is 5. The van der Waals surface area contributed by atoms with Gasteiger partial charge in [-0.05, 0) is 76.6 Å². The number of carbonyl (C=O) groups is 2. The van der Waals surface area contributed by atoms with E-state index in [1.807, 2.05) is 69.5 Å². The first-order chi connectivity index (χ1) is 19.0. The Hall–Kier alpha value is -3.81. The van der Waals surface area contributed by atoms with Gasteiger partial charge < -0.3 is 14.6 Å². The molecule has 2 aliphatic rings. The molecule has 3 heterocycles. The fraction of sp³-hybridized carbons (Fsp3) is 0.258. The van der Waals surface area contributed by atoms with Gasteiger partial charge in [0.25, 0.3) is 11.8 Å². The van der Waals surface area contributed by atoms with Crippen molar-refractivity contribution >= 4 is 46.4 Å². The zero-order valence-electron chi connectivity index (χ0n) is 22.8. The minimum Gasteiger partial charge on any atom is -0.490 e. The predicted molar refractivity (Wildman–Crippen MR) is 158 cm³/mol. The lowest BCUT2D eigenvalue weighted by atomic mass is 9.86. The van der Waals surface area contributed by atoms with Gasteiger partial charge >= 0.3 is 0 Å². The van der Waals surface area contributed by atoms with Crippen LogP contribution in [0.3, 0.4) is 0 Å². The summed E-state index contributed by atoms with van der Waals surface area (Å²) >= 11 is 12.8. The van der Waals surface area contributed by atoms with Crippen LogP contribution in [0.4, 0.5) is 11.4 Å². The topological polar surface area (TPSA) is 76.5 Å². The number of nitrogens with zero attached hydrogens (tertiary/aromatic N) is 3. The summed E-state index contributed by atoms with van der Waals surface area (Å²) < 4.78 is 8.12.